The summed E-state index contributed by atoms with van der Waals surface area (Å²) in [6, 6.07) is 15.0. The number of rotatable bonds is 5. The van der Waals surface area contributed by atoms with Crippen molar-refractivity contribution in [1.82, 2.24) is 15.0 Å². The number of piperidine rings is 1. The standard InChI is InChI=1S/C22H22ClN3O3/c1-28-17-8-6-15(7-9-17)14-20(27)26-12-10-16(11-13-26)22-24-21(25-29-22)18-4-2-3-5-19(18)23/h2-9,16H,10-14H2,1H3. The molecule has 1 aliphatic heterocycles. The van der Waals surface area contributed by atoms with Crippen LogP contribution in [0.25, 0.3) is 11.4 Å². The van der Waals surface area contributed by atoms with Crippen molar-refractivity contribution in [3.05, 3.63) is 65.0 Å². The van der Waals surface area contributed by atoms with Crippen LogP contribution in [0.4, 0.5) is 0 Å². The van der Waals surface area contributed by atoms with Gasteiger partial charge in [-0.1, -0.05) is 41.0 Å². The Morgan fingerprint density at radius 2 is 1.90 bits per heavy atom. The first-order valence-electron chi connectivity index (χ1n) is 9.63. The van der Waals surface area contributed by atoms with E-state index in [4.69, 9.17) is 20.9 Å². The highest BCUT2D eigenvalue weighted by molar-refractivity contribution is 6.33. The van der Waals surface area contributed by atoms with Crippen LogP contribution in [0.3, 0.4) is 0 Å². The highest BCUT2D eigenvalue weighted by Gasteiger charge is 2.27. The maximum Gasteiger partial charge on any atom is 0.230 e. The first-order valence-corrected chi connectivity index (χ1v) is 10.0. The quantitative estimate of drug-likeness (QED) is 0.624. The zero-order valence-electron chi connectivity index (χ0n) is 16.2. The van der Waals surface area contributed by atoms with E-state index in [1.807, 2.05) is 47.4 Å². The van der Waals surface area contributed by atoms with E-state index in [1.165, 1.54) is 0 Å². The zero-order valence-corrected chi connectivity index (χ0v) is 16.9. The summed E-state index contributed by atoms with van der Waals surface area (Å²) in [5.41, 5.74) is 1.75. The molecule has 0 atom stereocenters. The first kappa shape index (κ1) is 19.5. The van der Waals surface area contributed by atoms with Gasteiger partial charge in [0.15, 0.2) is 0 Å². The molecular weight excluding hydrogens is 390 g/mol. The molecule has 0 aliphatic carbocycles. The van der Waals surface area contributed by atoms with Crippen LogP contribution < -0.4 is 4.74 Å². The molecule has 150 valence electrons. The maximum absolute atomic E-state index is 12.6. The summed E-state index contributed by atoms with van der Waals surface area (Å²) >= 11 is 6.22. The molecule has 0 N–H and O–H groups in total. The minimum Gasteiger partial charge on any atom is -0.497 e. The number of amides is 1. The smallest absolute Gasteiger partial charge is 0.230 e. The molecule has 1 amide bonds. The molecule has 2 heterocycles. The van der Waals surface area contributed by atoms with Gasteiger partial charge >= 0.3 is 0 Å². The van der Waals surface area contributed by atoms with Crippen LogP contribution >= 0.6 is 11.6 Å². The summed E-state index contributed by atoms with van der Waals surface area (Å²) in [7, 11) is 1.63. The van der Waals surface area contributed by atoms with E-state index in [9.17, 15) is 4.79 Å². The van der Waals surface area contributed by atoms with Gasteiger partial charge in [0.25, 0.3) is 0 Å². The highest BCUT2D eigenvalue weighted by atomic mass is 35.5. The number of carbonyl (C=O) groups is 1. The van der Waals surface area contributed by atoms with E-state index in [1.54, 1.807) is 13.2 Å². The predicted octanol–water partition coefficient (Wildman–Crippen LogP) is 4.35. The number of hydrogen-bond acceptors (Lipinski definition) is 5. The number of benzene rings is 2. The Morgan fingerprint density at radius 3 is 2.59 bits per heavy atom. The number of hydrogen-bond donors (Lipinski definition) is 0. The average molecular weight is 412 g/mol. The summed E-state index contributed by atoms with van der Waals surface area (Å²) in [6.07, 6.45) is 2.00. The highest BCUT2D eigenvalue weighted by Crippen LogP contribution is 2.30. The third-order valence-corrected chi connectivity index (χ3v) is 5.60. The SMILES string of the molecule is COc1ccc(CC(=O)N2CCC(c3nc(-c4ccccc4Cl)no3)CC2)cc1. The van der Waals surface area contributed by atoms with E-state index < -0.39 is 0 Å². The fourth-order valence-electron chi connectivity index (χ4n) is 3.56. The molecule has 1 fully saturated rings. The lowest BCUT2D eigenvalue weighted by molar-refractivity contribution is -0.131. The summed E-state index contributed by atoms with van der Waals surface area (Å²) in [5, 5.41) is 4.68. The normalized spacial score (nSPS) is 14.8. The van der Waals surface area contributed by atoms with E-state index in [2.05, 4.69) is 10.1 Å². The molecule has 0 spiro atoms. The third-order valence-electron chi connectivity index (χ3n) is 5.27. The summed E-state index contributed by atoms with van der Waals surface area (Å²) in [5.74, 6) is 2.20. The monoisotopic (exact) mass is 411 g/mol. The topological polar surface area (TPSA) is 68.5 Å². The Hall–Kier alpha value is -2.86. The molecule has 1 aliphatic rings. The summed E-state index contributed by atoms with van der Waals surface area (Å²) < 4.78 is 10.6. The van der Waals surface area contributed by atoms with Gasteiger partial charge in [-0.2, -0.15) is 4.98 Å². The summed E-state index contributed by atoms with van der Waals surface area (Å²) in [4.78, 5) is 19.1. The molecule has 6 nitrogen and oxygen atoms in total. The molecule has 0 radical (unpaired) electrons. The predicted molar refractivity (Wildman–Crippen MR) is 110 cm³/mol. The molecule has 7 heteroatoms. The number of methoxy groups -OCH3 is 1. The van der Waals surface area contributed by atoms with Gasteiger partial charge in [0.05, 0.1) is 18.6 Å². The molecule has 1 saturated heterocycles. The van der Waals surface area contributed by atoms with Crippen LogP contribution in [0.5, 0.6) is 5.75 Å². The second kappa shape index (κ2) is 8.66. The minimum atomic E-state index is 0.135. The van der Waals surface area contributed by atoms with E-state index in [-0.39, 0.29) is 11.8 Å². The second-order valence-electron chi connectivity index (χ2n) is 7.12. The molecule has 4 rings (SSSR count). The van der Waals surface area contributed by atoms with Crippen molar-refractivity contribution < 1.29 is 14.1 Å². The molecule has 0 saturated carbocycles. The first-order chi connectivity index (χ1) is 14.1. The van der Waals surface area contributed by atoms with Crippen LogP contribution in [-0.2, 0) is 11.2 Å². The van der Waals surface area contributed by atoms with Crippen LogP contribution in [-0.4, -0.2) is 41.1 Å². The van der Waals surface area contributed by atoms with Gasteiger partial charge in [-0.3, -0.25) is 4.79 Å². The molecule has 0 bridgehead atoms. The van der Waals surface area contributed by atoms with Gasteiger partial charge in [0.2, 0.25) is 17.6 Å². The Morgan fingerprint density at radius 1 is 1.17 bits per heavy atom. The zero-order chi connectivity index (χ0) is 20.2. The Bertz CT molecular complexity index is 979. The van der Waals surface area contributed by atoms with E-state index in [0.717, 1.165) is 29.7 Å². The molecule has 1 aromatic heterocycles. The fraction of sp³-hybridized carbons (Fsp3) is 0.318. The van der Waals surface area contributed by atoms with Gasteiger partial charge in [-0.25, -0.2) is 0 Å². The lowest BCUT2D eigenvalue weighted by Gasteiger charge is -2.30. The largest absolute Gasteiger partial charge is 0.497 e. The second-order valence-corrected chi connectivity index (χ2v) is 7.52. The van der Waals surface area contributed by atoms with Crippen LogP contribution in [0.1, 0.15) is 30.2 Å². The van der Waals surface area contributed by atoms with Crippen molar-refractivity contribution in [2.24, 2.45) is 0 Å². The van der Waals surface area contributed by atoms with Crippen molar-refractivity contribution in [2.75, 3.05) is 20.2 Å². The van der Waals surface area contributed by atoms with Crippen molar-refractivity contribution in [3.8, 4) is 17.1 Å². The average Bonchev–Trinajstić information content (AvgIpc) is 3.25. The molecule has 0 unspecified atom stereocenters. The molecule has 3 aromatic rings. The van der Waals surface area contributed by atoms with Crippen molar-refractivity contribution in [1.29, 1.82) is 0 Å². The number of halogens is 1. The number of likely N-dealkylation sites (tertiary alicyclic amines) is 1. The third kappa shape index (κ3) is 4.43. The van der Waals surface area contributed by atoms with Gasteiger partial charge in [-0.05, 0) is 42.7 Å². The number of aromatic nitrogens is 2. The lowest BCUT2D eigenvalue weighted by Crippen LogP contribution is -2.38. The Kier molecular flexibility index (Phi) is 5.81. The van der Waals surface area contributed by atoms with E-state index in [0.29, 0.717) is 36.2 Å². The van der Waals surface area contributed by atoms with Crippen LogP contribution in [0.15, 0.2) is 53.1 Å². The van der Waals surface area contributed by atoms with Crippen molar-refractivity contribution in [3.63, 3.8) is 0 Å². The van der Waals surface area contributed by atoms with Gasteiger partial charge in [0.1, 0.15) is 5.75 Å². The van der Waals surface area contributed by atoms with Gasteiger partial charge in [0, 0.05) is 24.6 Å². The van der Waals surface area contributed by atoms with Crippen molar-refractivity contribution >= 4 is 17.5 Å². The number of ether oxygens (including phenoxy) is 1. The molecule has 2 aromatic carbocycles. The van der Waals surface area contributed by atoms with Gasteiger partial charge in [-0.15, -0.1) is 0 Å². The van der Waals surface area contributed by atoms with Crippen LogP contribution in [0.2, 0.25) is 5.02 Å². The number of nitrogens with zero attached hydrogens (tertiary/aromatic N) is 3. The molecular formula is C22H22ClN3O3. The minimum absolute atomic E-state index is 0.135. The van der Waals surface area contributed by atoms with Crippen molar-refractivity contribution in [2.45, 2.75) is 25.2 Å². The van der Waals surface area contributed by atoms with Crippen LogP contribution in [0, 0.1) is 0 Å². The van der Waals surface area contributed by atoms with Gasteiger partial charge < -0.3 is 14.2 Å². The maximum atomic E-state index is 12.6. The molecule has 29 heavy (non-hydrogen) atoms. The lowest BCUT2D eigenvalue weighted by atomic mass is 9.96. The number of carbonyl (C=O) groups excluding carboxylic acids is 1. The Balaban J connectivity index is 1.34. The summed E-state index contributed by atoms with van der Waals surface area (Å²) in [6.45, 7) is 1.37. The van der Waals surface area contributed by atoms with E-state index >= 15 is 0 Å². The fourth-order valence-corrected chi connectivity index (χ4v) is 3.78. The Labute approximate surface area is 174 Å².